The van der Waals surface area contributed by atoms with Gasteiger partial charge in [0.1, 0.15) is 5.82 Å². The summed E-state index contributed by atoms with van der Waals surface area (Å²) in [7, 11) is 0. The number of aryl methyl sites for hydroxylation is 1. The van der Waals surface area contributed by atoms with Crippen LogP contribution in [-0.4, -0.2) is 18.4 Å². The Labute approximate surface area is 102 Å². The highest BCUT2D eigenvalue weighted by Crippen LogP contribution is 2.26. The fraction of sp³-hybridized carbons (Fsp3) is 0.500. The largest absolute Gasteiger partial charge is 0.369 e. The number of benzene rings is 1. The fourth-order valence-corrected chi connectivity index (χ4v) is 2.00. The zero-order valence-electron chi connectivity index (χ0n) is 11.2. The summed E-state index contributed by atoms with van der Waals surface area (Å²) in [4.78, 5) is 13.7. The minimum Gasteiger partial charge on any atom is -0.369 e. The molecule has 2 nitrogen and oxygen atoms in total. The fourth-order valence-electron chi connectivity index (χ4n) is 2.00. The number of anilines is 1. The molecule has 1 aromatic carbocycles. The van der Waals surface area contributed by atoms with Gasteiger partial charge in [-0.1, -0.05) is 0 Å². The van der Waals surface area contributed by atoms with Crippen LogP contribution in [0.1, 0.15) is 43.6 Å². The van der Waals surface area contributed by atoms with Crippen LogP contribution in [0.15, 0.2) is 12.1 Å². The van der Waals surface area contributed by atoms with Gasteiger partial charge >= 0.3 is 0 Å². The van der Waals surface area contributed by atoms with Crippen molar-refractivity contribution in [3.8, 4) is 0 Å². The van der Waals surface area contributed by atoms with Crippen molar-refractivity contribution < 1.29 is 9.18 Å². The first-order valence-electron chi connectivity index (χ1n) is 5.96. The number of nitrogens with zero attached hydrogens (tertiary/aromatic N) is 1. The first-order valence-corrected chi connectivity index (χ1v) is 5.96. The number of carbonyl (C=O) groups is 1. The van der Waals surface area contributed by atoms with Gasteiger partial charge in [0, 0.05) is 23.8 Å². The van der Waals surface area contributed by atoms with Crippen LogP contribution in [0, 0.1) is 12.7 Å². The molecule has 0 radical (unpaired) electrons. The molecule has 0 aromatic heterocycles. The Hall–Kier alpha value is -1.38. The van der Waals surface area contributed by atoms with E-state index in [1.54, 1.807) is 13.0 Å². The molecular formula is C14H20FNO. The van der Waals surface area contributed by atoms with Gasteiger partial charge in [-0.15, -0.1) is 0 Å². The topological polar surface area (TPSA) is 20.3 Å². The Bertz CT molecular complexity index is 426. The summed E-state index contributed by atoms with van der Waals surface area (Å²) in [5.41, 5.74) is 1.86. The quantitative estimate of drug-likeness (QED) is 0.746. The third-order valence-electron chi connectivity index (χ3n) is 2.93. The second-order valence-corrected chi connectivity index (χ2v) is 4.55. The lowest BCUT2D eigenvalue weighted by atomic mass is 10.0. The molecule has 0 N–H and O–H groups in total. The Morgan fingerprint density at radius 2 is 2.00 bits per heavy atom. The molecule has 17 heavy (non-hydrogen) atoms. The predicted octanol–water partition coefficient (Wildman–Crippen LogP) is 3.57. The lowest BCUT2D eigenvalue weighted by Crippen LogP contribution is -2.31. The van der Waals surface area contributed by atoms with Gasteiger partial charge in [-0.3, -0.25) is 4.79 Å². The molecule has 3 heteroatoms. The molecule has 0 unspecified atom stereocenters. The van der Waals surface area contributed by atoms with Crippen molar-refractivity contribution in [2.75, 3.05) is 11.4 Å². The highest BCUT2D eigenvalue weighted by atomic mass is 19.1. The van der Waals surface area contributed by atoms with E-state index in [0.717, 1.165) is 12.2 Å². The molecule has 0 aliphatic rings. The van der Waals surface area contributed by atoms with Gasteiger partial charge in [0.2, 0.25) is 0 Å². The molecule has 0 aliphatic heterocycles. The molecule has 0 amide bonds. The van der Waals surface area contributed by atoms with Crippen molar-refractivity contribution in [3.05, 3.63) is 29.1 Å². The van der Waals surface area contributed by atoms with E-state index >= 15 is 0 Å². The normalized spacial score (nSPS) is 10.8. The highest BCUT2D eigenvalue weighted by molar-refractivity contribution is 6.00. The predicted molar refractivity (Wildman–Crippen MR) is 69.3 cm³/mol. The van der Waals surface area contributed by atoms with E-state index in [1.807, 2.05) is 6.92 Å². The standard InChI is InChI=1S/C14H20FNO/c1-6-16(9(2)3)14-7-10(4)13(15)8-12(14)11(5)17/h7-9H,6H2,1-5H3. The van der Waals surface area contributed by atoms with E-state index in [-0.39, 0.29) is 17.6 Å². The Morgan fingerprint density at radius 1 is 1.41 bits per heavy atom. The second kappa shape index (κ2) is 5.30. The number of carbonyl (C=O) groups excluding carboxylic acids is 1. The van der Waals surface area contributed by atoms with Gasteiger partial charge in [0.15, 0.2) is 5.78 Å². The van der Waals surface area contributed by atoms with Crippen molar-refractivity contribution >= 4 is 11.5 Å². The third-order valence-corrected chi connectivity index (χ3v) is 2.93. The lowest BCUT2D eigenvalue weighted by molar-refractivity contribution is 0.101. The molecule has 94 valence electrons. The first-order chi connectivity index (χ1) is 7.88. The van der Waals surface area contributed by atoms with E-state index in [1.165, 1.54) is 13.0 Å². The number of Topliss-reactive ketones (excluding diaryl/α,β-unsaturated/α-hetero) is 1. The molecule has 0 atom stereocenters. The van der Waals surface area contributed by atoms with Crippen LogP contribution in [0.25, 0.3) is 0 Å². The Morgan fingerprint density at radius 3 is 2.41 bits per heavy atom. The number of hydrogen-bond donors (Lipinski definition) is 0. The molecule has 0 fully saturated rings. The van der Waals surface area contributed by atoms with Gasteiger partial charge in [-0.25, -0.2) is 4.39 Å². The van der Waals surface area contributed by atoms with E-state index in [0.29, 0.717) is 11.1 Å². The molecule has 0 bridgehead atoms. The summed E-state index contributed by atoms with van der Waals surface area (Å²) < 4.78 is 13.5. The maximum Gasteiger partial charge on any atom is 0.161 e. The zero-order valence-corrected chi connectivity index (χ0v) is 11.2. The summed E-state index contributed by atoms with van der Waals surface area (Å²) in [5.74, 6) is -0.420. The lowest BCUT2D eigenvalue weighted by Gasteiger charge is -2.29. The van der Waals surface area contributed by atoms with Crippen LogP contribution in [0.2, 0.25) is 0 Å². The molecule has 1 rings (SSSR count). The molecule has 0 aliphatic carbocycles. The Balaban J connectivity index is 3.39. The number of hydrogen-bond acceptors (Lipinski definition) is 2. The Kier molecular flexibility index (Phi) is 4.27. The smallest absolute Gasteiger partial charge is 0.161 e. The maximum absolute atomic E-state index is 13.5. The second-order valence-electron chi connectivity index (χ2n) is 4.55. The van der Waals surface area contributed by atoms with Crippen LogP contribution in [-0.2, 0) is 0 Å². The van der Waals surface area contributed by atoms with Crippen LogP contribution in [0.3, 0.4) is 0 Å². The van der Waals surface area contributed by atoms with E-state index in [9.17, 15) is 9.18 Å². The zero-order chi connectivity index (χ0) is 13.2. The van der Waals surface area contributed by atoms with E-state index in [2.05, 4.69) is 18.7 Å². The average molecular weight is 237 g/mol. The minimum atomic E-state index is -0.321. The van der Waals surface area contributed by atoms with Crippen molar-refractivity contribution in [1.29, 1.82) is 0 Å². The number of rotatable bonds is 4. The summed E-state index contributed by atoms with van der Waals surface area (Å²) >= 11 is 0. The van der Waals surface area contributed by atoms with Crippen molar-refractivity contribution in [2.24, 2.45) is 0 Å². The highest BCUT2D eigenvalue weighted by Gasteiger charge is 2.17. The number of halogens is 1. The third kappa shape index (κ3) is 2.84. The molecule has 0 heterocycles. The first kappa shape index (κ1) is 13.7. The monoisotopic (exact) mass is 237 g/mol. The van der Waals surface area contributed by atoms with Crippen LogP contribution >= 0.6 is 0 Å². The summed E-state index contributed by atoms with van der Waals surface area (Å²) in [5, 5.41) is 0. The molecule has 1 aromatic rings. The van der Waals surface area contributed by atoms with Crippen LogP contribution in [0.5, 0.6) is 0 Å². The molecule has 0 saturated heterocycles. The summed E-state index contributed by atoms with van der Waals surface area (Å²) in [6.45, 7) is 10.1. The van der Waals surface area contributed by atoms with Crippen molar-refractivity contribution in [1.82, 2.24) is 0 Å². The summed E-state index contributed by atoms with van der Waals surface area (Å²) in [6, 6.07) is 3.39. The average Bonchev–Trinajstić information content (AvgIpc) is 2.22. The van der Waals surface area contributed by atoms with Crippen LogP contribution < -0.4 is 4.90 Å². The van der Waals surface area contributed by atoms with Gasteiger partial charge in [-0.2, -0.15) is 0 Å². The maximum atomic E-state index is 13.5. The minimum absolute atomic E-state index is 0.0991. The molecule has 0 saturated carbocycles. The van der Waals surface area contributed by atoms with Gasteiger partial charge in [-0.05, 0) is 52.3 Å². The van der Waals surface area contributed by atoms with Gasteiger partial charge < -0.3 is 4.90 Å². The van der Waals surface area contributed by atoms with Crippen molar-refractivity contribution in [2.45, 2.75) is 40.7 Å². The van der Waals surface area contributed by atoms with Gasteiger partial charge in [0.05, 0.1) is 0 Å². The number of ketones is 1. The van der Waals surface area contributed by atoms with Gasteiger partial charge in [0.25, 0.3) is 0 Å². The summed E-state index contributed by atoms with van der Waals surface area (Å²) in [6.07, 6.45) is 0. The van der Waals surface area contributed by atoms with E-state index < -0.39 is 0 Å². The molecular weight excluding hydrogens is 217 g/mol. The SMILES string of the molecule is CCN(c1cc(C)c(F)cc1C(C)=O)C(C)C. The van der Waals surface area contributed by atoms with Crippen LogP contribution in [0.4, 0.5) is 10.1 Å². The van der Waals surface area contributed by atoms with E-state index in [4.69, 9.17) is 0 Å². The molecule has 0 spiro atoms. The van der Waals surface area contributed by atoms with Crippen molar-refractivity contribution in [3.63, 3.8) is 0 Å².